The van der Waals surface area contributed by atoms with Gasteiger partial charge in [-0.3, -0.25) is 10.1 Å². The van der Waals surface area contributed by atoms with Crippen molar-refractivity contribution in [3.8, 4) is 11.5 Å². The van der Waals surface area contributed by atoms with Crippen molar-refractivity contribution in [3.05, 3.63) is 63.2 Å². The van der Waals surface area contributed by atoms with Gasteiger partial charge in [0.1, 0.15) is 16.5 Å². The maximum absolute atomic E-state index is 10.7. The highest BCUT2D eigenvalue weighted by Gasteiger charge is 2.12. The molecule has 20 heavy (non-hydrogen) atoms. The molecule has 2 aromatic rings. The molecule has 0 amide bonds. The van der Waals surface area contributed by atoms with Gasteiger partial charge in [-0.2, -0.15) is 0 Å². The molecule has 0 saturated carbocycles. The summed E-state index contributed by atoms with van der Waals surface area (Å²) in [6, 6.07) is 11.8. The first kappa shape index (κ1) is 14.3. The number of nitrogens with one attached hydrogen (secondary N) is 1. The molecule has 0 fully saturated rings. The van der Waals surface area contributed by atoms with E-state index in [1.54, 1.807) is 0 Å². The summed E-state index contributed by atoms with van der Waals surface area (Å²) in [5.41, 5.74) is 1.00. The summed E-state index contributed by atoms with van der Waals surface area (Å²) in [6.07, 6.45) is 0. The van der Waals surface area contributed by atoms with Crippen molar-refractivity contribution in [1.29, 1.82) is 0 Å². The van der Waals surface area contributed by atoms with Crippen LogP contribution in [-0.4, -0.2) is 12.0 Å². The van der Waals surface area contributed by atoms with Crippen LogP contribution in [0.1, 0.15) is 5.56 Å². The van der Waals surface area contributed by atoms with Crippen molar-refractivity contribution in [2.45, 2.75) is 6.54 Å². The molecule has 0 bridgehead atoms. The van der Waals surface area contributed by atoms with Gasteiger partial charge in [0.15, 0.2) is 0 Å². The Balaban J connectivity index is 2.13. The van der Waals surface area contributed by atoms with E-state index in [-0.39, 0.29) is 10.7 Å². The Kier molecular flexibility index (Phi) is 4.55. The van der Waals surface area contributed by atoms with Crippen LogP contribution in [-0.2, 0) is 6.54 Å². The highest BCUT2D eigenvalue weighted by molar-refractivity contribution is 6.32. The third-order valence-electron chi connectivity index (χ3n) is 2.66. The number of nitro benzene ring substituents is 1. The van der Waals surface area contributed by atoms with Crippen LogP contribution < -0.4 is 10.1 Å². The van der Waals surface area contributed by atoms with E-state index in [0.29, 0.717) is 11.5 Å². The molecule has 0 saturated heterocycles. The molecule has 0 unspecified atom stereocenters. The van der Waals surface area contributed by atoms with Gasteiger partial charge in [-0.05, 0) is 30.8 Å². The van der Waals surface area contributed by atoms with Gasteiger partial charge in [0.2, 0.25) is 0 Å². The van der Waals surface area contributed by atoms with Crippen molar-refractivity contribution in [2.75, 3.05) is 7.05 Å². The van der Waals surface area contributed by atoms with Gasteiger partial charge in [0, 0.05) is 18.7 Å². The number of benzene rings is 2. The third-order valence-corrected chi connectivity index (χ3v) is 2.96. The van der Waals surface area contributed by atoms with E-state index in [9.17, 15) is 10.1 Å². The lowest BCUT2D eigenvalue weighted by Gasteiger charge is -2.07. The maximum Gasteiger partial charge on any atom is 0.288 e. The Morgan fingerprint density at radius 2 is 1.85 bits per heavy atom. The third kappa shape index (κ3) is 3.46. The zero-order valence-corrected chi connectivity index (χ0v) is 11.6. The Bertz CT molecular complexity index is 614. The van der Waals surface area contributed by atoms with Crippen molar-refractivity contribution >= 4 is 17.3 Å². The van der Waals surface area contributed by atoms with Gasteiger partial charge < -0.3 is 10.1 Å². The van der Waals surface area contributed by atoms with Gasteiger partial charge in [0.25, 0.3) is 5.69 Å². The SMILES string of the molecule is CNCc1ccc(Oc2ccc([N+](=O)[O-])c(Cl)c2)cc1. The molecule has 0 aliphatic rings. The zero-order chi connectivity index (χ0) is 14.5. The number of hydrogen-bond donors (Lipinski definition) is 1. The Morgan fingerprint density at radius 3 is 2.40 bits per heavy atom. The molecular weight excluding hydrogens is 280 g/mol. The van der Waals surface area contributed by atoms with E-state index in [0.717, 1.165) is 12.1 Å². The van der Waals surface area contributed by atoms with Crippen LogP contribution in [0.2, 0.25) is 5.02 Å². The molecule has 0 aliphatic carbocycles. The van der Waals surface area contributed by atoms with Crippen LogP contribution in [0, 0.1) is 10.1 Å². The Morgan fingerprint density at radius 1 is 1.20 bits per heavy atom. The topological polar surface area (TPSA) is 64.4 Å². The number of hydrogen-bond acceptors (Lipinski definition) is 4. The predicted octanol–water partition coefficient (Wildman–Crippen LogP) is 3.76. The molecule has 6 heteroatoms. The molecule has 0 atom stereocenters. The first-order valence-corrected chi connectivity index (χ1v) is 6.33. The van der Waals surface area contributed by atoms with Crippen molar-refractivity contribution in [1.82, 2.24) is 5.32 Å². The molecule has 0 aromatic heterocycles. The molecule has 2 aromatic carbocycles. The maximum atomic E-state index is 10.7. The summed E-state index contributed by atoms with van der Waals surface area (Å²) in [5, 5.41) is 13.8. The van der Waals surface area contributed by atoms with E-state index >= 15 is 0 Å². The number of rotatable bonds is 5. The monoisotopic (exact) mass is 292 g/mol. The molecule has 104 valence electrons. The summed E-state index contributed by atoms with van der Waals surface area (Å²) in [6.45, 7) is 0.781. The van der Waals surface area contributed by atoms with Crippen molar-refractivity contribution < 1.29 is 9.66 Å². The minimum absolute atomic E-state index is 0.0549. The first-order valence-electron chi connectivity index (χ1n) is 5.95. The van der Waals surface area contributed by atoms with Crippen molar-refractivity contribution in [2.24, 2.45) is 0 Å². The molecule has 2 rings (SSSR count). The summed E-state index contributed by atoms with van der Waals surface area (Å²) in [7, 11) is 1.88. The fraction of sp³-hybridized carbons (Fsp3) is 0.143. The van der Waals surface area contributed by atoms with E-state index in [2.05, 4.69) is 5.32 Å². The summed E-state index contributed by atoms with van der Waals surface area (Å²) in [5.74, 6) is 1.11. The normalized spacial score (nSPS) is 10.3. The second-order valence-electron chi connectivity index (χ2n) is 4.15. The van der Waals surface area contributed by atoms with Gasteiger partial charge in [0.05, 0.1) is 4.92 Å². The highest BCUT2D eigenvalue weighted by atomic mass is 35.5. The second kappa shape index (κ2) is 6.36. The average molecular weight is 293 g/mol. The summed E-state index contributed by atoms with van der Waals surface area (Å²) < 4.78 is 5.60. The molecular formula is C14H13ClN2O3. The quantitative estimate of drug-likeness (QED) is 0.673. The fourth-order valence-corrected chi connectivity index (χ4v) is 1.95. The van der Waals surface area contributed by atoms with Gasteiger partial charge in [-0.1, -0.05) is 23.7 Å². The standard InChI is InChI=1S/C14H13ClN2O3/c1-16-9-10-2-4-11(5-3-10)20-12-6-7-14(17(18)19)13(15)8-12/h2-8,16H,9H2,1H3. The molecule has 0 heterocycles. The minimum atomic E-state index is -0.529. The molecule has 0 aliphatic heterocycles. The van der Waals surface area contributed by atoms with Crippen molar-refractivity contribution in [3.63, 3.8) is 0 Å². The van der Waals surface area contributed by atoms with E-state index < -0.39 is 4.92 Å². The summed E-state index contributed by atoms with van der Waals surface area (Å²) in [4.78, 5) is 10.1. The van der Waals surface area contributed by atoms with E-state index in [1.165, 1.54) is 18.2 Å². The Hall–Kier alpha value is -2.11. The first-order chi connectivity index (χ1) is 9.60. The molecule has 1 N–H and O–H groups in total. The van der Waals surface area contributed by atoms with Crippen LogP contribution in [0.5, 0.6) is 11.5 Å². The Labute approximate surface area is 121 Å². The van der Waals surface area contributed by atoms with Gasteiger partial charge in [-0.15, -0.1) is 0 Å². The fourth-order valence-electron chi connectivity index (χ4n) is 1.71. The molecule has 0 spiro atoms. The average Bonchev–Trinajstić information content (AvgIpc) is 2.41. The van der Waals surface area contributed by atoms with E-state index in [1.807, 2.05) is 31.3 Å². The number of halogens is 1. The number of nitrogens with zero attached hydrogens (tertiary/aromatic N) is 1. The lowest BCUT2D eigenvalue weighted by molar-refractivity contribution is -0.384. The van der Waals surface area contributed by atoms with Crippen LogP contribution >= 0.6 is 11.6 Å². The van der Waals surface area contributed by atoms with Gasteiger partial charge in [-0.25, -0.2) is 0 Å². The smallest absolute Gasteiger partial charge is 0.288 e. The second-order valence-corrected chi connectivity index (χ2v) is 4.55. The summed E-state index contributed by atoms with van der Waals surface area (Å²) >= 11 is 5.83. The predicted molar refractivity (Wildman–Crippen MR) is 77.4 cm³/mol. The lowest BCUT2D eigenvalue weighted by Crippen LogP contribution is -2.04. The largest absolute Gasteiger partial charge is 0.457 e. The molecule has 5 nitrogen and oxygen atoms in total. The van der Waals surface area contributed by atoms with Crippen LogP contribution in [0.25, 0.3) is 0 Å². The lowest BCUT2D eigenvalue weighted by atomic mass is 10.2. The van der Waals surface area contributed by atoms with Gasteiger partial charge >= 0.3 is 0 Å². The van der Waals surface area contributed by atoms with Crippen LogP contribution in [0.15, 0.2) is 42.5 Å². The highest BCUT2D eigenvalue weighted by Crippen LogP contribution is 2.30. The number of nitro groups is 1. The minimum Gasteiger partial charge on any atom is -0.457 e. The van der Waals surface area contributed by atoms with E-state index in [4.69, 9.17) is 16.3 Å². The van der Waals surface area contributed by atoms with Crippen LogP contribution in [0.3, 0.4) is 0 Å². The van der Waals surface area contributed by atoms with Crippen LogP contribution in [0.4, 0.5) is 5.69 Å². The zero-order valence-electron chi connectivity index (χ0n) is 10.8. The molecule has 0 radical (unpaired) electrons. The number of ether oxygens (including phenoxy) is 1.